The fraction of sp³-hybridized carbons (Fsp3) is 0.400. The zero-order valence-electron chi connectivity index (χ0n) is 7.92. The molecule has 0 unspecified atom stereocenters. The molecule has 0 radical (unpaired) electrons. The van der Waals surface area contributed by atoms with Gasteiger partial charge in [-0.05, 0) is 0 Å². The van der Waals surface area contributed by atoms with E-state index in [0.717, 1.165) is 0 Å². The van der Waals surface area contributed by atoms with Crippen molar-refractivity contribution >= 4 is 21.1 Å². The molecular formula is C10H14BrZn. The van der Waals surface area contributed by atoms with Gasteiger partial charge in [0.2, 0.25) is 0 Å². The maximum atomic E-state index is 2.24. The van der Waals surface area contributed by atoms with Gasteiger partial charge >= 0.3 is 78.5 Å². The summed E-state index contributed by atoms with van der Waals surface area (Å²) in [6.07, 6.45) is 0. The molecule has 2 heteroatoms. The van der Waals surface area contributed by atoms with E-state index < -0.39 is 0 Å². The van der Waals surface area contributed by atoms with Crippen LogP contribution < -0.4 is 4.16 Å². The molecule has 0 aliphatic carbocycles. The molecule has 1 rings (SSSR count). The second-order valence-electron chi connectivity index (χ2n) is 3.95. The van der Waals surface area contributed by atoms with E-state index in [2.05, 4.69) is 45.0 Å². The van der Waals surface area contributed by atoms with Crippen molar-refractivity contribution in [1.82, 2.24) is 0 Å². The van der Waals surface area contributed by atoms with Crippen molar-refractivity contribution in [2.24, 2.45) is 0 Å². The van der Waals surface area contributed by atoms with Crippen LogP contribution in [0.4, 0.5) is 0 Å². The first-order valence-electron chi connectivity index (χ1n) is 3.92. The third kappa shape index (κ3) is 3.37. The van der Waals surface area contributed by atoms with E-state index in [4.69, 9.17) is 0 Å². The molecule has 12 heavy (non-hydrogen) atoms. The summed E-state index contributed by atoms with van der Waals surface area (Å²) >= 11 is 1.25. The zero-order chi connectivity index (χ0) is 8.48. The first-order chi connectivity index (χ1) is 5.00. The van der Waals surface area contributed by atoms with E-state index in [9.17, 15) is 0 Å². The average Bonchev–Trinajstić information content (AvgIpc) is 1.86. The molecule has 0 saturated heterocycles. The Morgan fingerprint density at radius 3 is 1.75 bits per heavy atom. The molecule has 0 aliphatic heterocycles. The molecule has 0 spiro atoms. The van der Waals surface area contributed by atoms with Crippen LogP contribution in [0.5, 0.6) is 0 Å². The summed E-state index contributed by atoms with van der Waals surface area (Å²) in [5, 5.41) is 0. The fourth-order valence-electron chi connectivity index (χ4n) is 1.00. The average molecular weight is 280 g/mol. The fourth-order valence-corrected chi connectivity index (χ4v) is 1.50. The monoisotopic (exact) mass is 277 g/mol. The quantitative estimate of drug-likeness (QED) is 0.641. The van der Waals surface area contributed by atoms with Crippen molar-refractivity contribution in [2.75, 3.05) is 0 Å². The van der Waals surface area contributed by atoms with E-state index in [1.165, 1.54) is 28.0 Å². The predicted octanol–water partition coefficient (Wildman–Crippen LogP) is 2.73. The molecule has 0 atom stereocenters. The van der Waals surface area contributed by atoms with Crippen LogP contribution in [-0.2, 0) is 23.7 Å². The molecular weight excluding hydrogens is 265 g/mol. The summed E-state index contributed by atoms with van der Waals surface area (Å²) in [5.41, 5.74) is 1.72. The Balaban J connectivity index is 0.00000121. The van der Waals surface area contributed by atoms with Crippen molar-refractivity contribution in [2.45, 2.75) is 26.2 Å². The van der Waals surface area contributed by atoms with Crippen LogP contribution in [0.15, 0.2) is 24.3 Å². The summed E-state index contributed by atoms with van der Waals surface area (Å²) in [4.78, 5) is 0. The third-order valence-corrected chi connectivity index (χ3v) is 2.81. The summed E-state index contributed by atoms with van der Waals surface area (Å²) in [6.45, 7) is 6.73. The molecule has 1 aromatic carbocycles. The van der Waals surface area contributed by atoms with E-state index >= 15 is 0 Å². The number of hydrogen-bond acceptors (Lipinski definition) is 0. The van der Waals surface area contributed by atoms with Gasteiger partial charge < -0.3 is 0 Å². The van der Waals surface area contributed by atoms with Gasteiger partial charge in [0.25, 0.3) is 0 Å². The Bertz CT molecular complexity index is 233. The van der Waals surface area contributed by atoms with Crippen LogP contribution in [0.3, 0.4) is 0 Å². The molecule has 63 valence electrons. The summed E-state index contributed by atoms with van der Waals surface area (Å²) < 4.78 is 1.46. The van der Waals surface area contributed by atoms with Gasteiger partial charge in [-0.15, -0.1) is 17.0 Å². The topological polar surface area (TPSA) is 0 Å². The van der Waals surface area contributed by atoms with Crippen LogP contribution >= 0.6 is 17.0 Å². The number of hydrogen-bond donors (Lipinski definition) is 0. The minimum absolute atomic E-state index is 0. The Kier molecular flexibility index (Phi) is 4.65. The van der Waals surface area contributed by atoms with Crippen LogP contribution in [0.25, 0.3) is 0 Å². The standard InChI is InChI=1S/C10H13.BrH.Zn/c1-10(2,3)9-7-5-4-6-8-9;;/h5-8H,1-3H3;1H;. The van der Waals surface area contributed by atoms with E-state index in [-0.39, 0.29) is 17.0 Å². The predicted molar refractivity (Wildman–Crippen MR) is 55.1 cm³/mol. The second-order valence-corrected chi connectivity index (χ2v) is 5.66. The van der Waals surface area contributed by atoms with Gasteiger partial charge in [0.05, 0.1) is 0 Å². The van der Waals surface area contributed by atoms with E-state index in [1.54, 1.807) is 0 Å². The Hall–Kier alpha value is 0.323. The van der Waals surface area contributed by atoms with Gasteiger partial charge in [0, 0.05) is 0 Å². The van der Waals surface area contributed by atoms with Gasteiger partial charge in [-0.3, -0.25) is 0 Å². The van der Waals surface area contributed by atoms with Crippen molar-refractivity contribution < 1.29 is 18.3 Å². The third-order valence-electron chi connectivity index (χ3n) is 1.82. The number of rotatable bonds is 0. The molecule has 0 aromatic heterocycles. The first-order valence-corrected chi connectivity index (χ1v) is 5.41. The molecule has 0 N–H and O–H groups in total. The molecule has 0 fully saturated rings. The van der Waals surface area contributed by atoms with Gasteiger partial charge in [-0.2, -0.15) is 0 Å². The van der Waals surface area contributed by atoms with Crippen LogP contribution in [0.2, 0.25) is 0 Å². The normalized spacial score (nSPS) is 10.8. The molecule has 0 heterocycles. The summed E-state index contributed by atoms with van der Waals surface area (Å²) in [5.74, 6) is 0. The second kappa shape index (κ2) is 4.53. The molecule has 0 bridgehead atoms. The summed E-state index contributed by atoms with van der Waals surface area (Å²) in [6, 6.07) is 8.92. The van der Waals surface area contributed by atoms with Gasteiger partial charge in [0.15, 0.2) is 0 Å². The Morgan fingerprint density at radius 2 is 1.42 bits per heavy atom. The molecule has 0 saturated carbocycles. The van der Waals surface area contributed by atoms with Crippen LogP contribution in [0, 0.1) is 0 Å². The molecule has 0 nitrogen and oxygen atoms in total. The summed E-state index contributed by atoms with van der Waals surface area (Å²) in [7, 11) is 0. The number of halogens is 1. The van der Waals surface area contributed by atoms with E-state index in [1.807, 2.05) is 0 Å². The van der Waals surface area contributed by atoms with Crippen molar-refractivity contribution in [3.8, 4) is 0 Å². The Morgan fingerprint density at radius 1 is 1.00 bits per heavy atom. The Labute approximate surface area is 95.2 Å². The molecule has 1 aromatic rings. The van der Waals surface area contributed by atoms with Crippen LogP contribution in [-0.4, -0.2) is 0 Å². The number of benzene rings is 1. The maximum absolute atomic E-state index is 2.24. The first kappa shape index (κ1) is 12.3. The van der Waals surface area contributed by atoms with Crippen molar-refractivity contribution in [3.63, 3.8) is 0 Å². The molecule has 0 aliphatic rings. The van der Waals surface area contributed by atoms with Gasteiger partial charge in [-0.1, -0.05) is 0 Å². The SMILES string of the molecule is Br.CC(C)(C)c1cc[c]([Zn])cc1. The van der Waals surface area contributed by atoms with Gasteiger partial charge in [-0.25, -0.2) is 0 Å². The van der Waals surface area contributed by atoms with Crippen LogP contribution in [0.1, 0.15) is 26.3 Å². The van der Waals surface area contributed by atoms with Crippen molar-refractivity contribution in [3.05, 3.63) is 29.8 Å². The van der Waals surface area contributed by atoms with Crippen molar-refractivity contribution in [1.29, 1.82) is 0 Å². The molecule has 0 amide bonds. The van der Waals surface area contributed by atoms with Gasteiger partial charge in [0.1, 0.15) is 0 Å². The zero-order valence-corrected chi connectivity index (χ0v) is 12.6. The minimum atomic E-state index is 0. The van der Waals surface area contributed by atoms with E-state index in [0.29, 0.717) is 5.41 Å².